The third kappa shape index (κ3) is 43.3. The van der Waals surface area contributed by atoms with Crippen molar-refractivity contribution in [2.24, 2.45) is 5.73 Å². The van der Waals surface area contributed by atoms with Crippen molar-refractivity contribution in [1.29, 1.82) is 0 Å². The van der Waals surface area contributed by atoms with Gasteiger partial charge in [0.05, 0.1) is 19.8 Å². The van der Waals surface area contributed by atoms with Gasteiger partial charge in [0.2, 0.25) is 0 Å². The van der Waals surface area contributed by atoms with Crippen LogP contribution in [0.5, 0.6) is 0 Å². The van der Waals surface area contributed by atoms with Gasteiger partial charge in [0.15, 0.2) is 0 Å². The first-order valence-electron chi connectivity index (χ1n) is 23.0. The first-order valence-corrected chi connectivity index (χ1v) is 24.5. The second-order valence-corrected chi connectivity index (χ2v) is 16.6. The quantitative estimate of drug-likeness (QED) is 0.0234. The summed E-state index contributed by atoms with van der Waals surface area (Å²) in [6, 6.07) is -1.48. The van der Waals surface area contributed by atoms with Gasteiger partial charge in [-0.2, -0.15) is 0 Å². The maximum Gasteiger partial charge on any atom is 0.472 e. The Morgan fingerprint density at radius 3 is 1.47 bits per heavy atom. The largest absolute Gasteiger partial charge is 0.480 e. The molecular formula is C48H84NO9P. The van der Waals surface area contributed by atoms with Crippen LogP contribution in [0.2, 0.25) is 0 Å². The summed E-state index contributed by atoms with van der Waals surface area (Å²) in [5.41, 5.74) is 5.36. The Labute approximate surface area is 359 Å². The van der Waals surface area contributed by atoms with E-state index in [2.05, 4.69) is 86.8 Å². The van der Waals surface area contributed by atoms with Crippen molar-refractivity contribution in [3.63, 3.8) is 0 Å². The lowest BCUT2D eigenvalue weighted by Crippen LogP contribution is -2.34. The Morgan fingerprint density at radius 1 is 0.559 bits per heavy atom. The van der Waals surface area contributed by atoms with Crippen molar-refractivity contribution in [1.82, 2.24) is 0 Å². The van der Waals surface area contributed by atoms with Crippen molar-refractivity contribution < 1.29 is 42.7 Å². The van der Waals surface area contributed by atoms with Crippen LogP contribution < -0.4 is 5.73 Å². The molecule has 0 aliphatic rings. The predicted molar refractivity (Wildman–Crippen MR) is 244 cm³/mol. The van der Waals surface area contributed by atoms with Crippen molar-refractivity contribution in [2.45, 2.75) is 193 Å². The van der Waals surface area contributed by atoms with Gasteiger partial charge in [0.25, 0.3) is 0 Å². The third-order valence-corrected chi connectivity index (χ3v) is 10.4. The summed E-state index contributed by atoms with van der Waals surface area (Å²) in [6.07, 6.45) is 53.9. The number of carboxylic acid groups (broad SMARTS) is 1. The van der Waals surface area contributed by atoms with Gasteiger partial charge in [-0.15, -0.1) is 0 Å². The average molecular weight is 850 g/mol. The van der Waals surface area contributed by atoms with Crippen molar-refractivity contribution in [2.75, 3.05) is 26.4 Å². The van der Waals surface area contributed by atoms with Crippen LogP contribution in [-0.2, 0) is 32.7 Å². The van der Waals surface area contributed by atoms with Crippen LogP contribution in [0.4, 0.5) is 0 Å². The molecule has 0 heterocycles. The van der Waals surface area contributed by atoms with E-state index in [1.807, 2.05) is 0 Å². The number of hydrogen-bond donors (Lipinski definition) is 3. The number of ether oxygens (including phenoxy) is 2. The molecule has 0 radical (unpaired) electrons. The highest BCUT2D eigenvalue weighted by molar-refractivity contribution is 7.47. The molecule has 59 heavy (non-hydrogen) atoms. The normalized spacial score (nSPS) is 14.5. The summed E-state index contributed by atoms with van der Waals surface area (Å²) in [4.78, 5) is 33.5. The minimum atomic E-state index is -4.63. The van der Waals surface area contributed by atoms with Gasteiger partial charge in [0.1, 0.15) is 12.1 Å². The van der Waals surface area contributed by atoms with Crippen LogP contribution in [0.3, 0.4) is 0 Å². The highest BCUT2D eigenvalue weighted by Crippen LogP contribution is 2.43. The monoisotopic (exact) mass is 850 g/mol. The third-order valence-electron chi connectivity index (χ3n) is 9.47. The van der Waals surface area contributed by atoms with Crippen molar-refractivity contribution in [3.05, 3.63) is 72.9 Å². The molecule has 0 saturated carbocycles. The van der Waals surface area contributed by atoms with E-state index in [4.69, 9.17) is 29.4 Å². The number of allylic oxidation sites excluding steroid dienone is 12. The molecule has 0 fully saturated rings. The summed E-state index contributed by atoms with van der Waals surface area (Å²) < 4.78 is 33.3. The fourth-order valence-corrected chi connectivity index (χ4v) is 6.70. The molecule has 0 aromatic rings. The molecule has 3 atom stereocenters. The lowest BCUT2D eigenvalue weighted by molar-refractivity contribution is -0.154. The summed E-state index contributed by atoms with van der Waals surface area (Å²) in [7, 11) is -4.63. The van der Waals surface area contributed by atoms with Crippen LogP contribution in [-0.4, -0.2) is 60.5 Å². The molecule has 0 bridgehead atoms. The minimum Gasteiger partial charge on any atom is -0.480 e. The molecule has 10 nitrogen and oxygen atoms in total. The number of phosphoric ester groups is 1. The molecule has 0 saturated heterocycles. The number of aliphatic carboxylic acids is 1. The van der Waals surface area contributed by atoms with Crippen LogP contribution in [0, 0.1) is 0 Å². The van der Waals surface area contributed by atoms with Gasteiger partial charge in [-0.25, -0.2) is 4.57 Å². The van der Waals surface area contributed by atoms with Gasteiger partial charge in [-0.3, -0.25) is 18.6 Å². The second-order valence-electron chi connectivity index (χ2n) is 15.1. The second kappa shape index (κ2) is 43.5. The van der Waals surface area contributed by atoms with Crippen molar-refractivity contribution >= 4 is 19.8 Å². The number of carboxylic acids is 1. The predicted octanol–water partition coefficient (Wildman–Crippen LogP) is 13.0. The molecule has 0 spiro atoms. The molecule has 11 heteroatoms. The van der Waals surface area contributed by atoms with E-state index < -0.39 is 45.1 Å². The highest BCUT2D eigenvalue weighted by atomic mass is 31.2. The Morgan fingerprint density at radius 2 is 0.983 bits per heavy atom. The number of rotatable bonds is 43. The Balaban J connectivity index is 4.24. The molecule has 4 N–H and O–H groups in total. The first-order chi connectivity index (χ1) is 28.7. The van der Waals surface area contributed by atoms with Crippen LogP contribution >= 0.6 is 7.82 Å². The molecular weight excluding hydrogens is 766 g/mol. The summed E-state index contributed by atoms with van der Waals surface area (Å²) >= 11 is 0. The Bertz CT molecular complexity index is 1210. The zero-order chi connectivity index (χ0) is 43.3. The molecule has 0 aliphatic carbocycles. The zero-order valence-electron chi connectivity index (χ0n) is 37.1. The number of hydrogen-bond acceptors (Lipinski definition) is 8. The number of unbranched alkanes of at least 4 members (excludes halogenated alkanes) is 17. The van der Waals surface area contributed by atoms with E-state index in [0.717, 1.165) is 64.2 Å². The highest BCUT2D eigenvalue weighted by Gasteiger charge is 2.27. The number of nitrogens with two attached hydrogens (primary N) is 1. The van der Waals surface area contributed by atoms with Crippen LogP contribution in [0.1, 0.15) is 181 Å². The number of carbonyl (C=O) groups is 2. The van der Waals surface area contributed by atoms with E-state index in [9.17, 15) is 19.0 Å². The van der Waals surface area contributed by atoms with Crippen LogP contribution in [0.15, 0.2) is 72.9 Å². The van der Waals surface area contributed by atoms with Gasteiger partial charge >= 0.3 is 19.8 Å². The standard InChI is InChI=1S/C48H84NO9P/c1-3-5-7-9-11-13-15-17-19-20-21-22-23-24-25-27-29-31-33-35-37-39-41-55-42-45(43-56-59(53,54)57-44-46(49)48(51)52)58-47(50)40-38-36-34-32-30-28-26-18-16-14-12-10-8-6-4-2/h6,8,12,14-15,17-18,20-21,26,30,32,45-46H,3-5,7,9-11,13,16,19,22-25,27-29,31,33-44,49H2,1-2H3,(H,51,52)(H,53,54)/b8-6-,14-12-,17-15-,21-20-,26-18-,32-30-. The lowest BCUT2D eigenvalue weighted by atomic mass is 10.1. The van der Waals surface area contributed by atoms with E-state index in [1.165, 1.54) is 89.9 Å². The lowest BCUT2D eigenvalue weighted by Gasteiger charge is -2.20. The maximum absolute atomic E-state index is 12.6. The molecule has 0 aromatic heterocycles. The SMILES string of the molecule is CC/C=C\C/C=C\C/C=C\C/C=C\CCCCC(=O)OC(COCCCCCCCCCCCC/C=C\C/C=C\CCCCCCC)COP(=O)(O)OCC(N)C(=O)O. The van der Waals surface area contributed by atoms with E-state index in [-0.39, 0.29) is 13.0 Å². The van der Waals surface area contributed by atoms with Gasteiger partial charge in [-0.05, 0) is 83.5 Å². The van der Waals surface area contributed by atoms with E-state index >= 15 is 0 Å². The van der Waals surface area contributed by atoms with Gasteiger partial charge in [-0.1, -0.05) is 164 Å². The van der Waals surface area contributed by atoms with Gasteiger partial charge < -0.3 is 25.2 Å². The van der Waals surface area contributed by atoms with E-state index in [0.29, 0.717) is 13.0 Å². The fourth-order valence-electron chi connectivity index (χ4n) is 5.92. The topological polar surface area (TPSA) is 155 Å². The Kier molecular flexibility index (Phi) is 41.6. The molecule has 0 aromatic carbocycles. The first kappa shape index (κ1) is 56.4. The molecule has 0 aliphatic heterocycles. The number of phosphoric acid groups is 1. The van der Waals surface area contributed by atoms with Crippen LogP contribution in [0.25, 0.3) is 0 Å². The summed E-state index contributed by atoms with van der Waals surface area (Å²) in [6.45, 7) is 3.69. The maximum atomic E-state index is 12.6. The zero-order valence-corrected chi connectivity index (χ0v) is 38.0. The van der Waals surface area contributed by atoms with E-state index in [1.54, 1.807) is 0 Å². The van der Waals surface area contributed by atoms with Gasteiger partial charge in [0, 0.05) is 13.0 Å². The molecule has 0 rings (SSSR count). The summed E-state index contributed by atoms with van der Waals surface area (Å²) in [5.74, 6) is -1.83. The van der Waals surface area contributed by atoms with Crippen molar-refractivity contribution in [3.8, 4) is 0 Å². The fraction of sp³-hybridized carbons (Fsp3) is 0.708. The average Bonchev–Trinajstić information content (AvgIpc) is 3.21. The summed E-state index contributed by atoms with van der Waals surface area (Å²) in [5, 5.41) is 8.90. The Hall–Kier alpha value is -2.59. The number of esters is 1. The molecule has 3 unspecified atom stereocenters. The number of carbonyl (C=O) groups excluding carboxylic acids is 1. The molecule has 0 amide bonds. The minimum absolute atomic E-state index is 0.00553. The molecule has 340 valence electrons. The smallest absolute Gasteiger partial charge is 0.472 e.